The van der Waals surface area contributed by atoms with E-state index >= 15 is 0 Å². The Balaban J connectivity index is 2.02. The first-order valence-electron chi connectivity index (χ1n) is 8.12. The van der Waals surface area contributed by atoms with E-state index < -0.39 is 23.8 Å². The van der Waals surface area contributed by atoms with Crippen LogP contribution in [0.15, 0.2) is 42.5 Å². The molecule has 0 aromatic heterocycles. The Morgan fingerprint density at radius 1 is 1.15 bits per heavy atom. The standard InChI is InChI=1S/C19H20F3NO4/c1-26-12-7-8-13(17(11-12)27-2)16(24)9-10-18(25)23-15-6-4-3-5-14(15)19(20,21)22/h3-8,11,16,24H,9-10H2,1-2H3,(H,23,25). The fourth-order valence-electron chi connectivity index (χ4n) is 2.57. The number of benzene rings is 2. The van der Waals surface area contributed by atoms with Gasteiger partial charge < -0.3 is 19.9 Å². The summed E-state index contributed by atoms with van der Waals surface area (Å²) in [5.41, 5.74) is -0.774. The molecule has 5 nitrogen and oxygen atoms in total. The Hall–Kier alpha value is -2.74. The third-order valence-electron chi connectivity index (χ3n) is 3.95. The van der Waals surface area contributed by atoms with Crippen LogP contribution in [0.3, 0.4) is 0 Å². The smallest absolute Gasteiger partial charge is 0.418 e. The number of hydrogen-bond donors (Lipinski definition) is 2. The minimum absolute atomic E-state index is 0.0166. The van der Waals surface area contributed by atoms with Gasteiger partial charge in [-0.25, -0.2) is 0 Å². The molecule has 1 unspecified atom stereocenters. The van der Waals surface area contributed by atoms with Crippen LogP contribution >= 0.6 is 0 Å². The highest BCUT2D eigenvalue weighted by atomic mass is 19.4. The van der Waals surface area contributed by atoms with Crippen LogP contribution in [0, 0.1) is 0 Å². The number of rotatable bonds is 7. The van der Waals surface area contributed by atoms with Gasteiger partial charge >= 0.3 is 6.18 Å². The maximum Gasteiger partial charge on any atom is 0.418 e. The molecule has 0 radical (unpaired) electrons. The summed E-state index contributed by atoms with van der Waals surface area (Å²) in [6, 6.07) is 9.58. The van der Waals surface area contributed by atoms with Crippen LogP contribution in [0.25, 0.3) is 0 Å². The Bertz CT molecular complexity index is 793. The van der Waals surface area contributed by atoms with E-state index in [1.165, 1.54) is 32.4 Å². The highest BCUT2D eigenvalue weighted by Crippen LogP contribution is 2.35. The van der Waals surface area contributed by atoms with E-state index in [-0.39, 0.29) is 18.5 Å². The maximum absolute atomic E-state index is 13.0. The van der Waals surface area contributed by atoms with Gasteiger partial charge in [0.25, 0.3) is 0 Å². The molecule has 1 atom stereocenters. The summed E-state index contributed by atoms with van der Waals surface area (Å²) >= 11 is 0. The topological polar surface area (TPSA) is 67.8 Å². The lowest BCUT2D eigenvalue weighted by Crippen LogP contribution is -2.17. The van der Waals surface area contributed by atoms with Gasteiger partial charge in [0, 0.05) is 18.1 Å². The molecule has 0 aliphatic carbocycles. The van der Waals surface area contributed by atoms with E-state index in [1.807, 2.05) is 0 Å². The number of anilines is 1. The molecule has 27 heavy (non-hydrogen) atoms. The second-order valence-corrected chi connectivity index (χ2v) is 5.75. The number of aliphatic hydroxyl groups is 1. The molecule has 2 aromatic rings. The molecule has 0 bridgehead atoms. The second kappa shape index (κ2) is 8.77. The summed E-state index contributed by atoms with van der Waals surface area (Å²) in [6.45, 7) is 0. The van der Waals surface area contributed by atoms with Gasteiger partial charge in [-0.15, -0.1) is 0 Å². The highest BCUT2D eigenvalue weighted by Gasteiger charge is 2.33. The SMILES string of the molecule is COc1ccc(C(O)CCC(=O)Nc2ccccc2C(F)(F)F)c(OC)c1. The van der Waals surface area contributed by atoms with Crippen LogP contribution in [0.5, 0.6) is 11.5 Å². The van der Waals surface area contributed by atoms with Crippen molar-refractivity contribution in [3.05, 3.63) is 53.6 Å². The molecule has 8 heteroatoms. The predicted octanol–water partition coefficient (Wildman–Crippen LogP) is 4.17. The Morgan fingerprint density at radius 3 is 2.48 bits per heavy atom. The summed E-state index contributed by atoms with van der Waals surface area (Å²) in [6.07, 6.45) is -5.74. The Kier molecular flexibility index (Phi) is 6.68. The van der Waals surface area contributed by atoms with Crippen LogP contribution in [-0.4, -0.2) is 25.2 Å². The lowest BCUT2D eigenvalue weighted by atomic mass is 10.0. The van der Waals surface area contributed by atoms with Crippen LogP contribution < -0.4 is 14.8 Å². The third kappa shape index (κ3) is 5.37. The first-order chi connectivity index (χ1) is 12.8. The molecule has 2 rings (SSSR count). The number of methoxy groups -OCH3 is 2. The van der Waals surface area contributed by atoms with Gasteiger partial charge in [-0.05, 0) is 30.7 Å². The monoisotopic (exact) mass is 383 g/mol. The molecule has 0 fully saturated rings. The van der Waals surface area contributed by atoms with Crippen molar-refractivity contribution in [2.75, 3.05) is 19.5 Å². The lowest BCUT2D eigenvalue weighted by molar-refractivity contribution is -0.137. The molecule has 146 valence electrons. The van der Waals surface area contributed by atoms with E-state index in [1.54, 1.807) is 18.2 Å². The highest BCUT2D eigenvalue weighted by molar-refractivity contribution is 5.91. The van der Waals surface area contributed by atoms with E-state index in [0.29, 0.717) is 17.1 Å². The molecule has 0 aliphatic rings. The number of nitrogens with one attached hydrogen (secondary N) is 1. The van der Waals surface area contributed by atoms with Gasteiger partial charge in [0.15, 0.2) is 0 Å². The van der Waals surface area contributed by atoms with E-state index in [2.05, 4.69) is 5.32 Å². The maximum atomic E-state index is 13.0. The van der Waals surface area contributed by atoms with E-state index in [9.17, 15) is 23.1 Å². The van der Waals surface area contributed by atoms with Crippen LogP contribution in [-0.2, 0) is 11.0 Å². The average molecular weight is 383 g/mol. The molecule has 2 aromatic carbocycles. The number of carbonyl (C=O) groups is 1. The summed E-state index contributed by atoms with van der Waals surface area (Å²) < 4.78 is 49.2. The third-order valence-corrected chi connectivity index (χ3v) is 3.95. The number of alkyl halides is 3. The van der Waals surface area contributed by atoms with E-state index in [4.69, 9.17) is 9.47 Å². The number of carbonyl (C=O) groups excluding carboxylic acids is 1. The summed E-state index contributed by atoms with van der Waals surface area (Å²) in [7, 11) is 2.93. The van der Waals surface area contributed by atoms with Gasteiger partial charge in [0.2, 0.25) is 5.91 Å². The number of hydrogen-bond acceptors (Lipinski definition) is 4. The molecular weight excluding hydrogens is 363 g/mol. The molecule has 0 spiro atoms. The van der Waals surface area contributed by atoms with Crippen LogP contribution in [0.4, 0.5) is 18.9 Å². The molecule has 1 amide bonds. The quantitative estimate of drug-likeness (QED) is 0.753. The Labute approximate surface area is 154 Å². The molecule has 0 saturated heterocycles. The average Bonchev–Trinajstić information content (AvgIpc) is 2.65. The van der Waals surface area contributed by atoms with Crippen LogP contribution in [0.2, 0.25) is 0 Å². The zero-order chi connectivity index (χ0) is 20.0. The van der Waals surface area contributed by atoms with Gasteiger partial charge in [-0.3, -0.25) is 4.79 Å². The largest absolute Gasteiger partial charge is 0.497 e. The van der Waals surface area contributed by atoms with Crippen molar-refractivity contribution in [1.29, 1.82) is 0 Å². The number of halogens is 3. The fraction of sp³-hybridized carbons (Fsp3) is 0.316. The first kappa shape index (κ1) is 20.6. The van der Waals surface area contributed by atoms with Crippen molar-refractivity contribution < 1.29 is 32.5 Å². The van der Waals surface area contributed by atoms with E-state index in [0.717, 1.165) is 6.07 Å². The number of aliphatic hydroxyl groups excluding tert-OH is 1. The minimum atomic E-state index is -4.57. The van der Waals surface area contributed by atoms with Gasteiger partial charge in [0.1, 0.15) is 11.5 Å². The summed E-state index contributed by atoms with van der Waals surface area (Å²) in [5.74, 6) is 0.312. The van der Waals surface area contributed by atoms with Crippen molar-refractivity contribution in [2.24, 2.45) is 0 Å². The minimum Gasteiger partial charge on any atom is -0.497 e. The second-order valence-electron chi connectivity index (χ2n) is 5.75. The Morgan fingerprint density at radius 2 is 1.85 bits per heavy atom. The normalized spacial score (nSPS) is 12.4. The molecular formula is C19H20F3NO4. The molecule has 2 N–H and O–H groups in total. The number of para-hydroxylation sites is 1. The van der Waals surface area contributed by atoms with Crippen molar-refractivity contribution in [1.82, 2.24) is 0 Å². The zero-order valence-corrected chi connectivity index (χ0v) is 14.8. The predicted molar refractivity (Wildman–Crippen MR) is 93.8 cm³/mol. The molecule has 0 aliphatic heterocycles. The summed E-state index contributed by atoms with van der Waals surface area (Å²) in [4.78, 5) is 12.0. The van der Waals surface area contributed by atoms with Crippen molar-refractivity contribution in [3.8, 4) is 11.5 Å². The first-order valence-corrected chi connectivity index (χ1v) is 8.12. The van der Waals surface area contributed by atoms with Crippen molar-refractivity contribution >= 4 is 11.6 Å². The van der Waals surface area contributed by atoms with Crippen LogP contribution in [0.1, 0.15) is 30.1 Å². The van der Waals surface area contributed by atoms with Gasteiger partial charge in [-0.2, -0.15) is 13.2 Å². The van der Waals surface area contributed by atoms with Crippen molar-refractivity contribution in [2.45, 2.75) is 25.1 Å². The number of ether oxygens (including phenoxy) is 2. The van der Waals surface area contributed by atoms with Crippen molar-refractivity contribution in [3.63, 3.8) is 0 Å². The van der Waals surface area contributed by atoms with Gasteiger partial charge in [-0.1, -0.05) is 12.1 Å². The number of amides is 1. The zero-order valence-electron chi connectivity index (χ0n) is 14.8. The molecule has 0 saturated carbocycles. The fourth-order valence-corrected chi connectivity index (χ4v) is 2.57. The molecule has 0 heterocycles. The van der Waals surface area contributed by atoms with Gasteiger partial charge in [0.05, 0.1) is 31.6 Å². The summed E-state index contributed by atoms with van der Waals surface area (Å²) in [5, 5.41) is 12.6. The lowest BCUT2D eigenvalue weighted by Gasteiger charge is -2.16.